The minimum Gasteiger partial charge on any atom is -0.394 e. The first kappa shape index (κ1) is 11.5. The Kier molecular flexibility index (Phi) is 3.25. The molecule has 0 radical (unpaired) electrons. The third-order valence-corrected chi connectivity index (χ3v) is 3.87. The lowest BCUT2D eigenvalue weighted by Gasteiger charge is -2.27. The molecule has 1 aliphatic rings. The van der Waals surface area contributed by atoms with E-state index in [0.29, 0.717) is 5.69 Å². The first-order valence-corrected chi connectivity index (χ1v) is 6.39. The third kappa shape index (κ3) is 2.25. The number of aromatic nitrogens is 1. The van der Waals surface area contributed by atoms with E-state index in [1.54, 1.807) is 5.38 Å². The van der Waals surface area contributed by atoms with Gasteiger partial charge in [0.15, 0.2) is 0 Å². The Morgan fingerprint density at radius 2 is 2.31 bits per heavy atom. The van der Waals surface area contributed by atoms with E-state index in [2.05, 4.69) is 10.3 Å². The number of aryl methyl sites for hydroxylation is 1. The fourth-order valence-corrected chi connectivity index (χ4v) is 2.74. The Balaban J connectivity index is 2.06. The highest BCUT2D eigenvalue weighted by molar-refractivity contribution is 7.09. The Bertz CT molecular complexity index is 383. The standard InChI is InChI=1S/C11H16N2O2S/c1-8-12-9(6-16-8)10(15)13-11(7-14)4-2-3-5-11/h6,14H,2-5,7H2,1H3,(H,13,15). The summed E-state index contributed by atoms with van der Waals surface area (Å²) >= 11 is 1.46. The maximum Gasteiger partial charge on any atom is 0.271 e. The van der Waals surface area contributed by atoms with Gasteiger partial charge in [-0.1, -0.05) is 12.8 Å². The van der Waals surface area contributed by atoms with E-state index in [9.17, 15) is 9.90 Å². The highest BCUT2D eigenvalue weighted by Gasteiger charge is 2.35. The zero-order chi connectivity index (χ0) is 11.6. The first-order valence-electron chi connectivity index (χ1n) is 5.51. The summed E-state index contributed by atoms with van der Waals surface area (Å²) in [7, 11) is 0. The van der Waals surface area contributed by atoms with Gasteiger partial charge in [-0.25, -0.2) is 4.98 Å². The van der Waals surface area contributed by atoms with Crippen LogP contribution in [-0.4, -0.2) is 28.1 Å². The number of rotatable bonds is 3. The van der Waals surface area contributed by atoms with Gasteiger partial charge in [0.05, 0.1) is 17.2 Å². The van der Waals surface area contributed by atoms with Crippen LogP contribution in [0.3, 0.4) is 0 Å². The molecule has 4 nitrogen and oxygen atoms in total. The SMILES string of the molecule is Cc1nc(C(=O)NC2(CO)CCCC2)cs1. The van der Waals surface area contributed by atoms with Crippen LogP contribution >= 0.6 is 11.3 Å². The average Bonchev–Trinajstić information content (AvgIpc) is 2.88. The number of amides is 1. The van der Waals surface area contributed by atoms with E-state index in [1.165, 1.54) is 11.3 Å². The molecule has 1 amide bonds. The molecule has 88 valence electrons. The largest absolute Gasteiger partial charge is 0.394 e. The minimum absolute atomic E-state index is 0.0157. The van der Waals surface area contributed by atoms with E-state index in [-0.39, 0.29) is 12.5 Å². The van der Waals surface area contributed by atoms with Crippen molar-refractivity contribution in [3.05, 3.63) is 16.1 Å². The van der Waals surface area contributed by atoms with Gasteiger partial charge in [0, 0.05) is 5.38 Å². The van der Waals surface area contributed by atoms with Crippen molar-refractivity contribution in [3.8, 4) is 0 Å². The van der Waals surface area contributed by atoms with Crippen LogP contribution in [0.2, 0.25) is 0 Å². The van der Waals surface area contributed by atoms with Crippen LogP contribution in [0.1, 0.15) is 41.2 Å². The van der Waals surface area contributed by atoms with E-state index in [4.69, 9.17) is 0 Å². The molecule has 2 rings (SSSR count). The molecule has 0 saturated heterocycles. The number of hydrogen-bond donors (Lipinski definition) is 2. The summed E-state index contributed by atoms with van der Waals surface area (Å²) in [6, 6.07) is 0. The molecule has 5 heteroatoms. The van der Waals surface area contributed by atoms with Gasteiger partial charge >= 0.3 is 0 Å². The molecular formula is C11H16N2O2S. The van der Waals surface area contributed by atoms with Gasteiger partial charge in [-0.05, 0) is 19.8 Å². The molecule has 1 heterocycles. The lowest BCUT2D eigenvalue weighted by Crippen LogP contribution is -2.49. The second-order valence-electron chi connectivity index (χ2n) is 4.35. The minimum atomic E-state index is -0.408. The molecule has 0 atom stereocenters. The molecule has 0 aliphatic heterocycles. The molecule has 1 aromatic rings. The molecule has 2 N–H and O–H groups in total. The monoisotopic (exact) mass is 240 g/mol. The quantitative estimate of drug-likeness (QED) is 0.841. The Hall–Kier alpha value is -0.940. The zero-order valence-corrected chi connectivity index (χ0v) is 10.1. The summed E-state index contributed by atoms with van der Waals surface area (Å²) in [6.07, 6.45) is 3.85. The number of nitrogens with one attached hydrogen (secondary N) is 1. The predicted octanol–water partition coefficient (Wildman–Crippen LogP) is 1.49. The highest BCUT2D eigenvalue weighted by Crippen LogP contribution is 2.29. The highest BCUT2D eigenvalue weighted by atomic mass is 32.1. The summed E-state index contributed by atoms with van der Waals surface area (Å²) in [5.41, 5.74) is 0.0523. The summed E-state index contributed by atoms with van der Waals surface area (Å²) in [5, 5.41) is 15.0. The molecule has 0 bridgehead atoms. The molecule has 0 aromatic carbocycles. The van der Waals surface area contributed by atoms with E-state index < -0.39 is 5.54 Å². The van der Waals surface area contributed by atoms with Crippen molar-refractivity contribution in [3.63, 3.8) is 0 Å². The van der Waals surface area contributed by atoms with E-state index in [1.807, 2.05) is 6.92 Å². The predicted molar refractivity (Wildman–Crippen MR) is 62.6 cm³/mol. The number of aliphatic hydroxyl groups is 1. The van der Waals surface area contributed by atoms with Gasteiger partial charge in [-0.15, -0.1) is 11.3 Å². The van der Waals surface area contributed by atoms with Crippen molar-refractivity contribution in [2.45, 2.75) is 38.1 Å². The number of hydrogen-bond acceptors (Lipinski definition) is 4. The Morgan fingerprint density at radius 3 is 2.81 bits per heavy atom. The number of thiazole rings is 1. The van der Waals surface area contributed by atoms with Crippen LogP contribution in [0.15, 0.2) is 5.38 Å². The normalized spacial score (nSPS) is 18.6. The van der Waals surface area contributed by atoms with Crippen molar-refractivity contribution < 1.29 is 9.90 Å². The summed E-state index contributed by atoms with van der Waals surface area (Å²) in [4.78, 5) is 16.0. The fourth-order valence-electron chi connectivity index (χ4n) is 2.15. The number of carbonyl (C=O) groups excluding carboxylic acids is 1. The molecule has 1 aliphatic carbocycles. The molecule has 0 spiro atoms. The summed E-state index contributed by atoms with van der Waals surface area (Å²) in [5.74, 6) is -0.166. The second kappa shape index (κ2) is 4.51. The average molecular weight is 240 g/mol. The third-order valence-electron chi connectivity index (χ3n) is 3.09. The van der Waals surface area contributed by atoms with Gasteiger partial charge in [0.1, 0.15) is 5.69 Å². The first-order chi connectivity index (χ1) is 7.65. The topological polar surface area (TPSA) is 62.2 Å². The van der Waals surface area contributed by atoms with Gasteiger partial charge < -0.3 is 10.4 Å². The number of aliphatic hydroxyl groups excluding tert-OH is 1. The van der Waals surface area contributed by atoms with Crippen LogP contribution in [0, 0.1) is 6.92 Å². The molecule has 1 aromatic heterocycles. The lowest BCUT2D eigenvalue weighted by atomic mass is 9.99. The molecule has 1 saturated carbocycles. The van der Waals surface area contributed by atoms with Crippen molar-refractivity contribution in [1.29, 1.82) is 0 Å². The zero-order valence-electron chi connectivity index (χ0n) is 9.32. The van der Waals surface area contributed by atoms with Gasteiger partial charge in [0.2, 0.25) is 0 Å². The van der Waals surface area contributed by atoms with E-state index in [0.717, 1.165) is 30.7 Å². The van der Waals surface area contributed by atoms with Gasteiger partial charge in [-0.2, -0.15) is 0 Å². The van der Waals surface area contributed by atoms with Crippen LogP contribution in [0.4, 0.5) is 0 Å². The van der Waals surface area contributed by atoms with Gasteiger partial charge in [0.25, 0.3) is 5.91 Å². The fraction of sp³-hybridized carbons (Fsp3) is 0.636. The maximum atomic E-state index is 11.9. The van der Waals surface area contributed by atoms with Crippen molar-refractivity contribution in [2.75, 3.05) is 6.61 Å². The molecule has 0 unspecified atom stereocenters. The van der Waals surface area contributed by atoms with Crippen molar-refractivity contribution in [2.24, 2.45) is 0 Å². The van der Waals surface area contributed by atoms with Crippen molar-refractivity contribution >= 4 is 17.2 Å². The number of carbonyl (C=O) groups is 1. The Morgan fingerprint density at radius 1 is 1.62 bits per heavy atom. The summed E-state index contributed by atoms with van der Waals surface area (Å²) < 4.78 is 0. The maximum absolute atomic E-state index is 11.9. The molecule has 16 heavy (non-hydrogen) atoms. The smallest absolute Gasteiger partial charge is 0.271 e. The molecular weight excluding hydrogens is 224 g/mol. The Labute approximate surface area is 98.7 Å². The second-order valence-corrected chi connectivity index (χ2v) is 5.41. The molecule has 1 fully saturated rings. The van der Waals surface area contributed by atoms with Crippen LogP contribution < -0.4 is 5.32 Å². The van der Waals surface area contributed by atoms with E-state index >= 15 is 0 Å². The van der Waals surface area contributed by atoms with Gasteiger partial charge in [-0.3, -0.25) is 4.79 Å². The van der Waals surface area contributed by atoms with Crippen LogP contribution in [-0.2, 0) is 0 Å². The van der Waals surface area contributed by atoms with Crippen molar-refractivity contribution in [1.82, 2.24) is 10.3 Å². The summed E-state index contributed by atoms with van der Waals surface area (Å²) in [6.45, 7) is 1.89. The van der Waals surface area contributed by atoms with Crippen LogP contribution in [0.25, 0.3) is 0 Å². The lowest BCUT2D eigenvalue weighted by molar-refractivity contribution is 0.0834. The van der Waals surface area contributed by atoms with Crippen LogP contribution in [0.5, 0.6) is 0 Å². The number of nitrogens with zero attached hydrogens (tertiary/aromatic N) is 1.